The highest BCUT2D eigenvalue weighted by molar-refractivity contribution is 5.97. The van der Waals surface area contributed by atoms with Crippen LogP contribution in [0.2, 0.25) is 0 Å². The first-order chi connectivity index (χ1) is 13.3. The smallest absolute Gasteiger partial charge is 0.338 e. The third-order valence-corrected chi connectivity index (χ3v) is 3.81. The van der Waals surface area contributed by atoms with Gasteiger partial charge in [-0.25, -0.2) is 4.79 Å². The molecule has 0 radical (unpaired) electrons. The van der Waals surface area contributed by atoms with Gasteiger partial charge < -0.3 is 9.64 Å². The van der Waals surface area contributed by atoms with E-state index < -0.39 is 23.4 Å². The van der Waals surface area contributed by atoms with E-state index in [0.717, 1.165) is 6.07 Å². The number of nitro benzene ring substituents is 1. The molecular weight excluding hydrogens is 364 g/mol. The molecule has 0 aliphatic heterocycles. The Labute approximate surface area is 161 Å². The van der Waals surface area contributed by atoms with E-state index in [1.54, 1.807) is 49.3 Å². The predicted molar refractivity (Wildman–Crippen MR) is 102 cm³/mol. The number of nitriles is 1. The number of anilines is 2. The lowest BCUT2D eigenvalue weighted by atomic mass is 10.1. The van der Waals surface area contributed by atoms with E-state index in [0.29, 0.717) is 11.4 Å². The molecule has 0 fully saturated rings. The summed E-state index contributed by atoms with van der Waals surface area (Å²) in [5.74, 6) is -1.45. The number of hydrogen-bond donors (Lipinski definition) is 0. The fraction of sp³-hybridized carbons (Fsp3) is 0.211. The van der Waals surface area contributed by atoms with Crippen molar-refractivity contribution in [3.8, 4) is 6.07 Å². The molecule has 1 amide bonds. The normalized spacial score (nSPS) is 9.89. The van der Waals surface area contributed by atoms with E-state index in [-0.39, 0.29) is 17.8 Å². The van der Waals surface area contributed by atoms with Gasteiger partial charge in [0.25, 0.3) is 11.6 Å². The molecule has 0 atom stereocenters. The number of rotatable bonds is 7. The highest BCUT2D eigenvalue weighted by atomic mass is 16.6. The number of hydrogen-bond acceptors (Lipinski definition) is 7. The van der Waals surface area contributed by atoms with Crippen LogP contribution in [-0.2, 0) is 9.53 Å². The molecule has 0 unspecified atom stereocenters. The second-order valence-electron chi connectivity index (χ2n) is 5.90. The van der Waals surface area contributed by atoms with E-state index in [2.05, 4.69) is 0 Å². The third kappa shape index (κ3) is 4.82. The van der Waals surface area contributed by atoms with Crippen LogP contribution in [0.1, 0.15) is 10.4 Å². The third-order valence-electron chi connectivity index (χ3n) is 3.81. The van der Waals surface area contributed by atoms with Gasteiger partial charge in [0.15, 0.2) is 6.61 Å². The maximum atomic E-state index is 12.4. The molecule has 0 N–H and O–H groups in total. The van der Waals surface area contributed by atoms with Gasteiger partial charge in [0, 0.05) is 25.8 Å². The molecular formula is C19H18N4O5. The topological polar surface area (TPSA) is 117 Å². The Morgan fingerprint density at radius 2 is 1.86 bits per heavy atom. The average Bonchev–Trinajstić information content (AvgIpc) is 2.70. The van der Waals surface area contributed by atoms with Crippen molar-refractivity contribution in [2.45, 2.75) is 0 Å². The van der Waals surface area contributed by atoms with Crippen LogP contribution in [0.4, 0.5) is 17.1 Å². The van der Waals surface area contributed by atoms with Gasteiger partial charge in [-0.3, -0.25) is 19.8 Å². The number of nitro groups is 1. The number of nitrogens with zero attached hydrogens (tertiary/aromatic N) is 4. The number of amides is 1. The van der Waals surface area contributed by atoms with Crippen molar-refractivity contribution >= 4 is 28.9 Å². The van der Waals surface area contributed by atoms with Gasteiger partial charge in [-0.2, -0.15) is 5.26 Å². The lowest BCUT2D eigenvalue weighted by Crippen LogP contribution is -2.35. The summed E-state index contributed by atoms with van der Waals surface area (Å²) in [5, 5.41) is 20.2. The zero-order valence-electron chi connectivity index (χ0n) is 15.4. The van der Waals surface area contributed by atoms with Gasteiger partial charge in [0.2, 0.25) is 0 Å². The summed E-state index contributed by atoms with van der Waals surface area (Å²) in [5.41, 5.74) is 0.538. The minimum absolute atomic E-state index is 0.0448. The van der Waals surface area contributed by atoms with Crippen molar-refractivity contribution in [3.05, 3.63) is 64.2 Å². The Morgan fingerprint density at radius 1 is 1.18 bits per heavy atom. The number of ether oxygens (including phenoxy) is 1. The highest BCUT2D eigenvalue weighted by Gasteiger charge is 2.21. The van der Waals surface area contributed by atoms with Crippen LogP contribution < -0.4 is 9.80 Å². The summed E-state index contributed by atoms with van der Waals surface area (Å²) in [6.07, 6.45) is 0. The molecule has 0 spiro atoms. The van der Waals surface area contributed by atoms with Crippen molar-refractivity contribution < 1.29 is 19.2 Å². The van der Waals surface area contributed by atoms with Gasteiger partial charge in [0.05, 0.1) is 16.6 Å². The number of para-hydroxylation sites is 1. The van der Waals surface area contributed by atoms with Crippen molar-refractivity contribution in [2.24, 2.45) is 0 Å². The van der Waals surface area contributed by atoms with E-state index in [4.69, 9.17) is 10.00 Å². The Bertz CT molecular complexity index is 922. The fourth-order valence-corrected chi connectivity index (χ4v) is 2.47. The largest absolute Gasteiger partial charge is 0.452 e. The monoisotopic (exact) mass is 382 g/mol. The Morgan fingerprint density at radius 3 is 2.43 bits per heavy atom. The molecule has 28 heavy (non-hydrogen) atoms. The molecule has 9 nitrogen and oxygen atoms in total. The molecule has 2 rings (SSSR count). The molecule has 0 saturated heterocycles. The van der Waals surface area contributed by atoms with Crippen molar-refractivity contribution in [1.29, 1.82) is 5.26 Å². The molecule has 0 saturated carbocycles. The van der Waals surface area contributed by atoms with Crippen LogP contribution in [0.5, 0.6) is 0 Å². The minimum atomic E-state index is -0.869. The lowest BCUT2D eigenvalue weighted by molar-refractivity contribution is -0.384. The van der Waals surface area contributed by atoms with Gasteiger partial charge in [-0.15, -0.1) is 0 Å². The number of carbonyl (C=O) groups excluding carboxylic acids is 2. The second-order valence-corrected chi connectivity index (χ2v) is 5.90. The summed E-state index contributed by atoms with van der Waals surface area (Å²) in [4.78, 5) is 38.0. The number of carbonyl (C=O) groups is 2. The molecule has 0 heterocycles. The van der Waals surface area contributed by atoms with Crippen molar-refractivity contribution in [3.63, 3.8) is 0 Å². The molecule has 0 aromatic heterocycles. The SMILES string of the molecule is CN(C)c1ccc(C(=O)OCC(=O)N(CC#N)c2ccccc2)cc1[N+](=O)[O-]. The summed E-state index contributed by atoms with van der Waals surface area (Å²) >= 11 is 0. The summed E-state index contributed by atoms with van der Waals surface area (Å²) in [6.45, 7) is -0.804. The van der Waals surface area contributed by atoms with Crippen LogP contribution in [-0.4, -0.2) is 44.0 Å². The number of esters is 1. The first-order valence-electron chi connectivity index (χ1n) is 8.20. The van der Waals surface area contributed by atoms with Gasteiger partial charge in [-0.1, -0.05) is 18.2 Å². The highest BCUT2D eigenvalue weighted by Crippen LogP contribution is 2.28. The zero-order chi connectivity index (χ0) is 20.7. The van der Waals surface area contributed by atoms with Crippen LogP contribution >= 0.6 is 0 Å². The predicted octanol–water partition coefficient (Wildman–Crippen LogP) is 2.37. The van der Waals surface area contributed by atoms with Gasteiger partial charge in [0.1, 0.15) is 12.2 Å². The molecule has 144 valence electrons. The van der Waals surface area contributed by atoms with E-state index in [9.17, 15) is 19.7 Å². The van der Waals surface area contributed by atoms with E-state index in [1.165, 1.54) is 17.0 Å². The van der Waals surface area contributed by atoms with Crippen molar-refractivity contribution in [1.82, 2.24) is 0 Å². The Hall–Kier alpha value is -3.93. The lowest BCUT2D eigenvalue weighted by Gasteiger charge is -2.19. The summed E-state index contributed by atoms with van der Waals surface area (Å²) < 4.78 is 5.00. The Balaban J connectivity index is 2.12. The maximum absolute atomic E-state index is 12.4. The first-order valence-corrected chi connectivity index (χ1v) is 8.20. The molecule has 2 aromatic rings. The van der Waals surface area contributed by atoms with Crippen LogP contribution in [0.3, 0.4) is 0 Å². The molecule has 0 aliphatic rings. The maximum Gasteiger partial charge on any atom is 0.338 e. The van der Waals surface area contributed by atoms with Gasteiger partial charge in [-0.05, 0) is 24.3 Å². The number of benzene rings is 2. The second kappa shape index (κ2) is 9.14. The molecule has 9 heteroatoms. The molecule has 0 aliphatic carbocycles. The van der Waals surface area contributed by atoms with Crippen LogP contribution in [0.25, 0.3) is 0 Å². The van der Waals surface area contributed by atoms with E-state index in [1.807, 2.05) is 6.07 Å². The first kappa shape index (κ1) is 20.4. The minimum Gasteiger partial charge on any atom is -0.452 e. The summed E-state index contributed by atoms with van der Waals surface area (Å²) in [7, 11) is 3.29. The van der Waals surface area contributed by atoms with Crippen LogP contribution in [0, 0.1) is 21.4 Å². The van der Waals surface area contributed by atoms with Gasteiger partial charge >= 0.3 is 5.97 Å². The standard InChI is InChI=1S/C19H18N4O5/c1-21(2)16-9-8-14(12-17(16)23(26)27)19(25)28-13-18(24)22(11-10-20)15-6-4-3-5-7-15/h3-9,12H,11,13H2,1-2H3. The fourth-order valence-electron chi connectivity index (χ4n) is 2.47. The van der Waals surface area contributed by atoms with E-state index >= 15 is 0 Å². The van der Waals surface area contributed by atoms with Crippen LogP contribution in [0.15, 0.2) is 48.5 Å². The van der Waals surface area contributed by atoms with Crippen molar-refractivity contribution in [2.75, 3.05) is 37.0 Å². The zero-order valence-corrected chi connectivity index (χ0v) is 15.4. The average molecular weight is 382 g/mol. The molecule has 2 aromatic carbocycles. The molecule has 0 bridgehead atoms. The quantitative estimate of drug-likeness (QED) is 0.312. The Kier molecular flexibility index (Phi) is 6.65. The summed E-state index contributed by atoms with van der Waals surface area (Å²) in [6, 6.07) is 14.3.